The maximum absolute atomic E-state index is 12.3. The van der Waals surface area contributed by atoms with E-state index >= 15 is 0 Å². The molecule has 2 rings (SSSR count). The van der Waals surface area contributed by atoms with Gasteiger partial charge < -0.3 is 4.74 Å². The van der Waals surface area contributed by atoms with Crippen LogP contribution in [0.1, 0.15) is 17.9 Å². The van der Waals surface area contributed by atoms with Gasteiger partial charge in [0, 0.05) is 5.92 Å². The number of esters is 1. The van der Waals surface area contributed by atoms with E-state index in [4.69, 9.17) is 4.74 Å². The second-order valence-corrected chi connectivity index (χ2v) is 11.8. The zero-order chi connectivity index (χ0) is 16.7. The standard InChI is InChI=1S/C20H24O2Si/c1-23(2,3)15-14-18(17-10-6-4-7-11-17)16-20(21)22-19-12-8-5-9-13-19/h4-15,18H,16H2,1-3H3/b15-14-. The van der Waals surface area contributed by atoms with Crippen molar-refractivity contribution in [3.63, 3.8) is 0 Å². The molecule has 0 heterocycles. The predicted molar refractivity (Wildman–Crippen MR) is 98.4 cm³/mol. The molecule has 2 aromatic carbocycles. The van der Waals surface area contributed by atoms with E-state index in [1.54, 1.807) is 12.1 Å². The maximum atomic E-state index is 12.3. The lowest BCUT2D eigenvalue weighted by Gasteiger charge is -2.15. The average molecular weight is 324 g/mol. The molecule has 23 heavy (non-hydrogen) atoms. The fourth-order valence-electron chi connectivity index (χ4n) is 2.24. The van der Waals surface area contributed by atoms with Gasteiger partial charge in [-0.2, -0.15) is 0 Å². The summed E-state index contributed by atoms with van der Waals surface area (Å²) in [7, 11) is -1.31. The number of hydrogen-bond donors (Lipinski definition) is 0. The zero-order valence-electron chi connectivity index (χ0n) is 14.0. The molecule has 0 amide bonds. The van der Waals surface area contributed by atoms with Gasteiger partial charge in [-0.15, -0.1) is 0 Å². The van der Waals surface area contributed by atoms with Gasteiger partial charge in [0.15, 0.2) is 0 Å². The quantitative estimate of drug-likeness (QED) is 0.415. The number of hydrogen-bond acceptors (Lipinski definition) is 2. The molecule has 0 bridgehead atoms. The van der Waals surface area contributed by atoms with Crippen molar-refractivity contribution in [1.29, 1.82) is 0 Å². The first-order valence-electron chi connectivity index (χ1n) is 7.94. The molecule has 0 aliphatic heterocycles. The third-order valence-electron chi connectivity index (χ3n) is 3.42. The normalized spacial score (nSPS) is 13.0. The number of benzene rings is 2. The Morgan fingerprint density at radius 2 is 1.57 bits per heavy atom. The molecule has 0 aliphatic rings. The van der Waals surface area contributed by atoms with E-state index in [-0.39, 0.29) is 11.9 Å². The first-order chi connectivity index (χ1) is 10.9. The molecule has 120 valence electrons. The number of para-hydroxylation sites is 1. The minimum absolute atomic E-state index is 0.0548. The molecule has 0 saturated heterocycles. The summed E-state index contributed by atoms with van der Waals surface area (Å²) < 4.78 is 5.44. The van der Waals surface area contributed by atoms with Crippen molar-refractivity contribution < 1.29 is 9.53 Å². The average Bonchev–Trinajstić information content (AvgIpc) is 2.52. The van der Waals surface area contributed by atoms with Gasteiger partial charge >= 0.3 is 5.97 Å². The summed E-state index contributed by atoms with van der Waals surface area (Å²) >= 11 is 0. The lowest BCUT2D eigenvalue weighted by molar-refractivity contribution is -0.134. The molecule has 1 atom stereocenters. The van der Waals surface area contributed by atoms with Crippen molar-refractivity contribution in [3.8, 4) is 5.75 Å². The predicted octanol–water partition coefficient (Wildman–Crippen LogP) is 5.20. The Labute approximate surface area is 139 Å². The highest BCUT2D eigenvalue weighted by molar-refractivity contribution is 6.80. The van der Waals surface area contributed by atoms with Crippen LogP contribution in [0.25, 0.3) is 0 Å². The Hall–Kier alpha value is -2.13. The number of allylic oxidation sites excluding steroid dienone is 1. The van der Waals surface area contributed by atoms with Crippen LogP contribution in [0.5, 0.6) is 5.75 Å². The van der Waals surface area contributed by atoms with Gasteiger partial charge in [-0.25, -0.2) is 0 Å². The van der Waals surface area contributed by atoms with Gasteiger partial charge in [-0.3, -0.25) is 4.79 Å². The second-order valence-electron chi connectivity index (χ2n) is 6.73. The van der Waals surface area contributed by atoms with Gasteiger partial charge in [0.25, 0.3) is 0 Å². The van der Waals surface area contributed by atoms with Crippen LogP contribution in [0.15, 0.2) is 72.4 Å². The van der Waals surface area contributed by atoms with Crippen LogP contribution in [-0.4, -0.2) is 14.0 Å². The molecule has 2 aromatic rings. The Bertz CT molecular complexity index is 642. The van der Waals surface area contributed by atoms with Gasteiger partial charge in [0.1, 0.15) is 5.75 Å². The minimum Gasteiger partial charge on any atom is -0.427 e. The van der Waals surface area contributed by atoms with E-state index in [9.17, 15) is 4.79 Å². The van der Waals surface area contributed by atoms with Gasteiger partial charge in [0.2, 0.25) is 0 Å². The van der Waals surface area contributed by atoms with E-state index in [0.29, 0.717) is 12.2 Å². The van der Waals surface area contributed by atoms with E-state index in [1.165, 1.54) is 0 Å². The van der Waals surface area contributed by atoms with Crippen LogP contribution in [0.2, 0.25) is 19.6 Å². The first-order valence-corrected chi connectivity index (χ1v) is 11.5. The summed E-state index contributed by atoms with van der Waals surface area (Å²) in [5, 5.41) is 0. The lowest BCUT2D eigenvalue weighted by Crippen LogP contribution is -2.17. The van der Waals surface area contributed by atoms with Crippen LogP contribution < -0.4 is 4.74 Å². The molecular weight excluding hydrogens is 300 g/mol. The summed E-state index contributed by atoms with van der Waals surface area (Å²) in [4.78, 5) is 12.3. The maximum Gasteiger partial charge on any atom is 0.312 e. The van der Waals surface area contributed by atoms with Crippen molar-refractivity contribution in [1.82, 2.24) is 0 Å². The topological polar surface area (TPSA) is 26.3 Å². The van der Waals surface area contributed by atoms with Crippen LogP contribution in [0.3, 0.4) is 0 Å². The van der Waals surface area contributed by atoms with Crippen molar-refractivity contribution in [2.45, 2.75) is 32.0 Å². The van der Waals surface area contributed by atoms with Crippen molar-refractivity contribution in [2.24, 2.45) is 0 Å². The zero-order valence-corrected chi connectivity index (χ0v) is 15.0. The monoisotopic (exact) mass is 324 g/mol. The van der Waals surface area contributed by atoms with Crippen molar-refractivity contribution in [2.75, 3.05) is 0 Å². The van der Waals surface area contributed by atoms with Gasteiger partial charge in [0.05, 0.1) is 14.5 Å². The summed E-state index contributed by atoms with van der Waals surface area (Å²) in [6, 6.07) is 19.4. The minimum atomic E-state index is -1.31. The number of ether oxygens (including phenoxy) is 1. The highest BCUT2D eigenvalue weighted by atomic mass is 28.3. The molecule has 0 fully saturated rings. The number of carbonyl (C=O) groups is 1. The van der Waals surface area contributed by atoms with Gasteiger partial charge in [-0.05, 0) is 17.7 Å². The molecule has 1 unspecified atom stereocenters. The molecule has 0 saturated carbocycles. The summed E-state index contributed by atoms with van der Waals surface area (Å²) in [6.07, 6.45) is 2.52. The molecule has 2 nitrogen and oxygen atoms in total. The second kappa shape index (κ2) is 7.93. The number of carbonyl (C=O) groups excluding carboxylic acids is 1. The summed E-state index contributed by atoms with van der Waals surface area (Å²) in [5.41, 5.74) is 3.44. The highest BCUT2D eigenvalue weighted by Gasteiger charge is 2.17. The Balaban J connectivity index is 2.11. The van der Waals surface area contributed by atoms with E-state index < -0.39 is 8.07 Å². The Morgan fingerprint density at radius 3 is 2.13 bits per heavy atom. The van der Waals surface area contributed by atoms with Crippen LogP contribution in [-0.2, 0) is 4.79 Å². The SMILES string of the molecule is C[Si](C)(C)/C=C\C(CC(=O)Oc1ccccc1)c1ccccc1. The molecule has 0 spiro atoms. The third-order valence-corrected chi connectivity index (χ3v) is 4.61. The van der Waals surface area contributed by atoms with Crippen molar-refractivity contribution >= 4 is 14.0 Å². The van der Waals surface area contributed by atoms with Crippen molar-refractivity contribution in [3.05, 3.63) is 78.0 Å². The Kier molecular flexibility index (Phi) is 5.94. The van der Waals surface area contributed by atoms with Crippen LogP contribution >= 0.6 is 0 Å². The number of rotatable bonds is 6. The van der Waals surface area contributed by atoms with Crippen LogP contribution in [0, 0.1) is 0 Å². The lowest BCUT2D eigenvalue weighted by atomic mass is 9.96. The van der Waals surface area contributed by atoms with E-state index in [2.05, 4.69) is 43.5 Å². The fourth-order valence-corrected chi connectivity index (χ4v) is 3.05. The first kappa shape index (κ1) is 17.2. The largest absolute Gasteiger partial charge is 0.427 e. The smallest absolute Gasteiger partial charge is 0.312 e. The van der Waals surface area contributed by atoms with E-state index in [0.717, 1.165) is 5.56 Å². The van der Waals surface area contributed by atoms with Crippen LogP contribution in [0.4, 0.5) is 0 Å². The molecule has 0 N–H and O–H groups in total. The fraction of sp³-hybridized carbons (Fsp3) is 0.250. The summed E-state index contributed by atoms with van der Waals surface area (Å²) in [6.45, 7) is 6.86. The third kappa shape index (κ3) is 6.25. The highest BCUT2D eigenvalue weighted by Crippen LogP contribution is 2.23. The Morgan fingerprint density at radius 1 is 1.00 bits per heavy atom. The molecule has 0 aromatic heterocycles. The molecular formula is C20H24O2Si. The van der Waals surface area contributed by atoms with E-state index in [1.807, 2.05) is 36.4 Å². The molecule has 0 radical (unpaired) electrons. The summed E-state index contributed by atoms with van der Waals surface area (Å²) in [5.74, 6) is 0.447. The van der Waals surface area contributed by atoms with Gasteiger partial charge in [-0.1, -0.05) is 79.9 Å². The molecule has 3 heteroatoms. The molecule has 0 aliphatic carbocycles.